The van der Waals surface area contributed by atoms with Crippen molar-refractivity contribution in [2.45, 2.75) is 32.4 Å². The van der Waals surface area contributed by atoms with Crippen LogP contribution in [0.25, 0.3) is 0 Å². The Bertz CT molecular complexity index is 293. The van der Waals surface area contributed by atoms with Crippen LogP contribution < -0.4 is 0 Å². The maximum absolute atomic E-state index is 11.8. The molecule has 0 aromatic heterocycles. The average molecular weight is 229 g/mol. The highest BCUT2D eigenvalue weighted by molar-refractivity contribution is 5.70. The summed E-state index contributed by atoms with van der Waals surface area (Å²) in [5.41, 5.74) is -0.498. The largest absolute Gasteiger partial charge is 0.444 e. The van der Waals surface area contributed by atoms with Crippen LogP contribution in [-0.4, -0.2) is 54.1 Å². The van der Waals surface area contributed by atoms with Crippen molar-refractivity contribution in [2.75, 3.05) is 26.4 Å². The second-order valence-electron chi connectivity index (χ2n) is 5.66. The molecule has 0 saturated carbocycles. The van der Waals surface area contributed by atoms with Gasteiger partial charge < -0.3 is 19.5 Å². The second-order valence-corrected chi connectivity index (χ2v) is 5.66. The Kier molecular flexibility index (Phi) is 2.62. The number of aliphatic hydroxyl groups is 1. The van der Waals surface area contributed by atoms with Gasteiger partial charge in [0.1, 0.15) is 5.60 Å². The molecule has 2 aliphatic rings. The Balaban J connectivity index is 1.94. The first-order chi connectivity index (χ1) is 7.38. The van der Waals surface area contributed by atoms with E-state index in [0.29, 0.717) is 19.8 Å². The molecule has 2 rings (SSSR count). The minimum atomic E-state index is -0.490. The quantitative estimate of drug-likeness (QED) is 0.716. The fourth-order valence-corrected chi connectivity index (χ4v) is 2.23. The number of nitrogens with zero attached hydrogens (tertiary/aromatic N) is 1. The van der Waals surface area contributed by atoms with E-state index in [0.717, 1.165) is 0 Å². The van der Waals surface area contributed by atoms with Gasteiger partial charge in [-0.3, -0.25) is 0 Å². The fraction of sp³-hybridized carbons (Fsp3) is 0.909. The normalized spacial score (nSPS) is 27.2. The maximum atomic E-state index is 11.8. The van der Waals surface area contributed by atoms with Crippen LogP contribution in [0, 0.1) is 5.41 Å². The van der Waals surface area contributed by atoms with E-state index in [1.54, 1.807) is 4.90 Å². The number of carbonyl (C=O) groups excluding carboxylic acids is 1. The molecule has 1 spiro atoms. The summed E-state index contributed by atoms with van der Waals surface area (Å²) in [6.07, 6.45) is -0.343. The SMILES string of the molecule is CC(C)(C)OC(=O)N1CC2(COC2)C1CO. The van der Waals surface area contributed by atoms with Crippen molar-refractivity contribution in [1.29, 1.82) is 0 Å². The van der Waals surface area contributed by atoms with Gasteiger partial charge in [-0.15, -0.1) is 0 Å². The first kappa shape index (κ1) is 11.7. The van der Waals surface area contributed by atoms with E-state index in [-0.39, 0.29) is 24.2 Å². The number of carbonyl (C=O) groups is 1. The summed E-state index contributed by atoms with van der Waals surface area (Å²) in [6, 6.07) is -0.143. The molecular weight excluding hydrogens is 210 g/mol. The molecule has 0 aromatic rings. The Hall–Kier alpha value is -0.810. The number of rotatable bonds is 1. The molecule has 2 aliphatic heterocycles. The van der Waals surface area contributed by atoms with Gasteiger partial charge in [-0.1, -0.05) is 0 Å². The lowest BCUT2D eigenvalue weighted by atomic mass is 9.70. The van der Waals surface area contributed by atoms with E-state index < -0.39 is 5.60 Å². The van der Waals surface area contributed by atoms with Crippen molar-refractivity contribution >= 4 is 6.09 Å². The number of amides is 1. The predicted molar refractivity (Wildman–Crippen MR) is 57.1 cm³/mol. The molecule has 2 saturated heterocycles. The molecule has 2 fully saturated rings. The zero-order chi connectivity index (χ0) is 12.0. The highest BCUT2D eigenvalue weighted by atomic mass is 16.6. The lowest BCUT2D eigenvalue weighted by Gasteiger charge is -2.60. The summed E-state index contributed by atoms with van der Waals surface area (Å²) >= 11 is 0. The molecule has 1 amide bonds. The van der Waals surface area contributed by atoms with Crippen molar-refractivity contribution < 1.29 is 19.4 Å². The molecule has 0 aliphatic carbocycles. The fourth-order valence-electron chi connectivity index (χ4n) is 2.23. The summed E-state index contributed by atoms with van der Waals surface area (Å²) in [5, 5.41) is 9.30. The zero-order valence-corrected chi connectivity index (χ0v) is 10.0. The third kappa shape index (κ3) is 1.78. The van der Waals surface area contributed by atoms with Crippen molar-refractivity contribution in [1.82, 2.24) is 4.90 Å². The van der Waals surface area contributed by atoms with Crippen LogP contribution >= 0.6 is 0 Å². The number of likely N-dealkylation sites (tertiary alicyclic amines) is 1. The van der Waals surface area contributed by atoms with Gasteiger partial charge in [0.15, 0.2) is 0 Å². The monoisotopic (exact) mass is 229 g/mol. The van der Waals surface area contributed by atoms with Crippen LogP contribution in [0.15, 0.2) is 0 Å². The number of hydrogen-bond acceptors (Lipinski definition) is 4. The smallest absolute Gasteiger partial charge is 0.410 e. The second kappa shape index (κ2) is 3.60. The zero-order valence-electron chi connectivity index (χ0n) is 10.0. The van der Waals surface area contributed by atoms with Crippen LogP contribution in [0.2, 0.25) is 0 Å². The summed E-state index contributed by atoms with van der Waals surface area (Å²) in [5.74, 6) is 0. The van der Waals surface area contributed by atoms with Gasteiger partial charge in [0.25, 0.3) is 0 Å². The molecule has 1 atom stereocenters. The van der Waals surface area contributed by atoms with E-state index in [1.165, 1.54) is 0 Å². The lowest BCUT2D eigenvalue weighted by molar-refractivity contribution is -0.226. The predicted octanol–water partition coefficient (Wildman–Crippen LogP) is 0.615. The highest BCUT2D eigenvalue weighted by Gasteiger charge is 2.59. The number of ether oxygens (including phenoxy) is 2. The first-order valence-corrected chi connectivity index (χ1v) is 5.56. The van der Waals surface area contributed by atoms with Crippen molar-refractivity contribution in [3.05, 3.63) is 0 Å². The van der Waals surface area contributed by atoms with Crippen molar-refractivity contribution in [3.63, 3.8) is 0 Å². The molecule has 92 valence electrons. The van der Waals surface area contributed by atoms with Gasteiger partial charge >= 0.3 is 6.09 Å². The van der Waals surface area contributed by atoms with Crippen molar-refractivity contribution in [3.8, 4) is 0 Å². The topological polar surface area (TPSA) is 59.0 Å². The third-order valence-electron chi connectivity index (χ3n) is 3.15. The van der Waals surface area contributed by atoms with E-state index in [9.17, 15) is 9.90 Å². The van der Waals surface area contributed by atoms with Gasteiger partial charge in [-0.2, -0.15) is 0 Å². The summed E-state index contributed by atoms with van der Waals surface area (Å²) in [6.45, 7) is 7.38. The molecule has 16 heavy (non-hydrogen) atoms. The summed E-state index contributed by atoms with van der Waals surface area (Å²) in [4.78, 5) is 13.4. The molecule has 0 aromatic carbocycles. The molecule has 1 N–H and O–H groups in total. The Morgan fingerprint density at radius 1 is 1.56 bits per heavy atom. The first-order valence-electron chi connectivity index (χ1n) is 5.56. The van der Waals surface area contributed by atoms with Crippen LogP contribution in [0.4, 0.5) is 4.79 Å². The van der Waals surface area contributed by atoms with Gasteiger partial charge in [0, 0.05) is 6.54 Å². The van der Waals surface area contributed by atoms with Crippen LogP contribution in [-0.2, 0) is 9.47 Å². The Labute approximate surface area is 95.3 Å². The van der Waals surface area contributed by atoms with Gasteiger partial charge in [-0.05, 0) is 20.8 Å². The number of aliphatic hydroxyl groups excluding tert-OH is 1. The maximum Gasteiger partial charge on any atom is 0.410 e. The van der Waals surface area contributed by atoms with Gasteiger partial charge in [0.2, 0.25) is 0 Å². The van der Waals surface area contributed by atoms with Crippen LogP contribution in [0.3, 0.4) is 0 Å². The molecule has 0 bridgehead atoms. The molecule has 5 heteroatoms. The summed E-state index contributed by atoms with van der Waals surface area (Å²) < 4.78 is 10.4. The van der Waals surface area contributed by atoms with Crippen LogP contribution in [0.1, 0.15) is 20.8 Å². The minimum absolute atomic E-state index is 0.00828. The van der Waals surface area contributed by atoms with Crippen molar-refractivity contribution in [2.24, 2.45) is 5.41 Å². The molecule has 0 radical (unpaired) electrons. The van der Waals surface area contributed by atoms with E-state index in [2.05, 4.69) is 0 Å². The van der Waals surface area contributed by atoms with Gasteiger partial charge in [-0.25, -0.2) is 4.79 Å². The minimum Gasteiger partial charge on any atom is -0.444 e. The highest BCUT2D eigenvalue weighted by Crippen LogP contribution is 2.44. The van der Waals surface area contributed by atoms with Gasteiger partial charge in [0.05, 0.1) is 31.3 Å². The Morgan fingerprint density at radius 3 is 2.56 bits per heavy atom. The van der Waals surface area contributed by atoms with E-state index in [4.69, 9.17) is 9.47 Å². The average Bonchev–Trinajstić information content (AvgIpc) is 1.96. The molecular formula is C11H19NO4. The molecule has 5 nitrogen and oxygen atoms in total. The van der Waals surface area contributed by atoms with Crippen LogP contribution in [0.5, 0.6) is 0 Å². The van der Waals surface area contributed by atoms with E-state index >= 15 is 0 Å². The summed E-state index contributed by atoms with van der Waals surface area (Å²) in [7, 11) is 0. The Morgan fingerprint density at radius 2 is 2.19 bits per heavy atom. The van der Waals surface area contributed by atoms with E-state index in [1.807, 2.05) is 20.8 Å². The molecule has 1 unspecified atom stereocenters. The number of hydrogen-bond donors (Lipinski definition) is 1. The lowest BCUT2D eigenvalue weighted by Crippen LogP contribution is -2.75. The third-order valence-corrected chi connectivity index (χ3v) is 3.15. The molecule has 2 heterocycles. The standard InChI is InChI=1S/C11H19NO4/c1-10(2,3)16-9(14)12-5-11(6-15-7-11)8(12)4-13/h8,13H,4-7H2,1-3H3.